The van der Waals surface area contributed by atoms with Crippen molar-refractivity contribution in [2.75, 3.05) is 4.72 Å². The molecule has 1 heterocycles. The second-order valence-electron chi connectivity index (χ2n) is 4.24. The molecule has 0 spiro atoms. The van der Waals surface area contributed by atoms with Gasteiger partial charge in [0, 0.05) is 12.7 Å². The van der Waals surface area contributed by atoms with Crippen molar-refractivity contribution in [2.45, 2.75) is 12.3 Å². The maximum absolute atomic E-state index is 13.4. The van der Waals surface area contributed by atoms with Crippen LogP contribution < -0.4 is 10.5 Å². The van der Waals surface area contributed by atoms with Crippen molar-refractivity contribution in [1.29, 1.82) is 0 Å². The molecule has 2 rings (SSSR count). The van der Waals surface area contributed by atoms with E-state index in [2.05, 4.69) is 9.71 Å². The standard InChI is InChI=1S/C13H14FN3O2S/c14-12-8-16-5-4-13(12)17-20(18,19)9-11-3-1-2-10(6-11)7-15/h1-6,8H,7,9,15H2,(H,16,17). The molecule has 7 heteroatoms. The van der Waals surface area contributed by atoms with Gasteiger partial charge in [0.05, 0.1) is 17.6 Å². The number of nitrogens with one attached hydrogen (secondary N) is 1. The minimum atomic E-state index is -3.69. The third-order valence-electron chi connectivity index (χ3n) is 2.62. The van der Waals surface area contributed by atoms with E-state index in [9.17, 15) is 12.8 Å². The van der Waals surface area contributed by atoms with Gasteiger partial charge in [0.15, 0.2) is 5.82 Å². The van der Waals surface area contributed by atoms with E-state index >= 15 is 0 Å². The minimum absolute atomic E-state index is 0.116. The number of aromatic nitrogens is 1. The quantitative estimate of drug-likeness (QED) is 0.877. The molecular formula is C13H14FN3O2S. The maximum atomic E-state index is 13.4. The molecule has 0 bridgehead atoms. The van der Waals surface area contributed by atoms with E-state index in [-0.39, 0.29) is 11.4 Å². The fourth-order valence-electron chi connectivity index (χ4n) is 1.73. The summed E-state index contributed by atoms with van der Waals surface area (Å²) >= 11 is 0. The lowest BCUT2D eigenvalue weighted by atomic mass is 10.1. The van der Waals surface area contributed by atoms with Crippen LogP contribution in [0.5, 0.6) is 0 Å². The Balaban J connectivity index is 2.17. The van der Waals surface area contributed by atoms with Gasteiger partial charge in [0.2, 0.25) is 10.0 Å². The fraction of sp³-hybridized carbons (Fsp3) is 0.154. The second-order valence-corrected chi connectivity index (χ2v) is 5.96. The monoisotopic (exact) mass is 295 g/mol. The molecule has 3 N–H and O–H groups in total. The summed E-state index contributed by atoms with van der Waals surface area (Å²) in [6, 6.07) is 8.21. The van der Waals surface area contributed by atoms with Gasteiger partial charge in [-0.2, -0.15) is 0 Å². The molecule has 0 fully saturated rings. The summed E-state index contributed by atoms with van der Waals surface area (Å²) in [7, 11) is -3.69. The Morgan fingerprint density at radius 2 is 2.00 bits per heavy atom. The first-order chi connectivity index (χ1) is 9.50. The summed E-state index contributed by atoms with van der Waals surface area (Å²) in [4.78, 5) is 3.56. The number of nitrogens with zero attached hydrogens (tertiary/aromatic N) is 1. The Morgan fingerprint density at radius 3 is 2.70 bits per heavy atom. The molecule has 0 saturated heterocycles. The Labute approximate surface area is 116 Å². The molecule has 0 aliphatic heterocycles. The number of halogens is 1. The van der Waals surface area contributed by atoms with Gasteiger partial charge in [-0.05, 0) is 17.2 Å². The number of hydrogen-bond acceptors (Lipinski definition) is 4. The van der Waals surface area contributed by atoms with Gasteiger partial charge in [0.25, 0.3) is 0 Å². The van der Waals surface area contributed by atoms with Crippen molar-refractivity contribution in [3.05, 3.63) is 59.7 Å². The van der Waals surface area contributed by atoms with Crippen LogP contribution in [0.4, 0.5) is 10.1 Å². The largest absolute Gasteiger partial charge is 0.326 e. The van der Waals surface area contributed by atoms with Gasteiger partial charge < -0.3 is 5.73 Å². The highest BCUT2D eigenvalue weighted by Gasteiger charge is 2.14. The van der Waals surface area contributed by atoms with Crippen molar-refractivity contribution < 1.29 is 12.8 Å². The predicted molar refractivity (Wildman–Crippen MR) is 74.8 cm³/mol. The van der Waals surface area contributed by atoms with E-state index in [1.54, 1.807) is 18.2 Å². The van der Waals surface area contributed by atoms with Gasteiger partial charge in [-0.3, -0.25) is 9.71 Å². The van der Waals surface area contributed by atoms with Crippen LogP contribution in [-0.4, -0.2) is 13.4 Å². The SMILES string of the molecule is NCc1cccc(CS(=O)(=O)Nc2ccncc2F)c1. The first kappa shape index (κ1) is 14.4. The van der Waals surface area contributed by atoms with E-state index in [0.29, 0.717) is 12.1 Å². The van der Waals surface area contributed by atoms with Crippen molar-refractivity contribution in [3.8, 4) is 0 Å². The lowest BCUT2D eigenvalue weighted by Gasteiger charge is -2.09. The Hall–Kier alpha value is -1.99. The molecule has 106 valence electrons. The highest BCUT2D eigenvalue weighted by atomic mass is 32.2. The van der Waals surface area contributed by atoms with E-state index in [1.807, 2.05) is 6.07 Å². The molecule has 0 aliphatic carbocycles. The van der Waals surface area contributed by atoms with E-state index in [0.717, 1.165) is 11.8 Å². The summed E-state index contributed by atoms with van der Waals surface area (Å²) in [6.45, 7) is 0.334. The Bertz CT molecular complexity index is 704. The first-order valence-electron chi connectivity index (χ1n) is 5.88. The van der Waals surface area contributed by atoms with Crippen LogP contribution in [0.15, 0.2) is 42.7 Å². The number of hydrogen-bond donors (Lipinski definition) is 2. The smallest absolute Gasteiger partial charge is 0.237 e. The first-order valence-corrected chi connectivity index (χ1v) is 7.53. The van der Waals surface area contributed by atoms with Crippen molar-refractivity contribution in [3.63, 3.8) is 0 Å². The van der Waals surface area contributed by atoms with Gasteiger partial charge in [0.1, 0.15) is 0 Å². The van der Waals surface area contributed by atoms with Crippen LogP contribution in [0, 0.1) is 5.82 Å². The number of nitrogens with two attached hydrogens (primary N) is 1. The zero-order chi connectivity index (χ0) is 14.6. The zero-order valence-corrected chi connectivity index (χ0v) is 11.4. The third kappa shape index (κ3) is 3.75. The highest BCUT2D eigenvalue weighted by Crippen LogP contribution is 2.16. The number of pyridine rings is 1. The molecule has 0 saturated carbocycles. The molecular weight excluding hydrogens is 281 g/mol. The number of benzene rings is 1. The molecule has 0 radical (unpaired) electrons. The van der Waals surface area contributed by atoms with Gasteiger partial charge in [-0.15, -0.1) is 0 Å². The summed E-state index contributed by atoms with van der Waals surface area (Å²) in [5.41, 5.74) is 6.82. The molecule has 5 nitrogen and oxygen atoms in total. The summed E-state index contributed by atoms with van der Waals surface area (Å²) in [5.74, 6) is -0.963. The summed E-state index contributed by atoms with van der Waals surface area (Å²) in [6.07, 6.45) is 2.27. The number of sulfonamides is 1. The van der Waals surface area contributed by atoms with Crippen LogP contribution >= 0.6 is 0 Å². The van der Waals surface area contributed by atoms with Gasteiger partial charge >= 0.3 is 0 Å². The average Bonchev–Trinajstić information content (AvgIpc) is 2.41. The third-order valence-corrected chi connectivity index (χ3v) is 3.87. The molecule has 0 unspecified atom stereocenters. The predicted octanol–water partition coefficient (Wildman–Crippen LogP) is 1.62. The topological polar surface area (TPSA) is 85.1 Å². The minimum Gasteiger partial charge on any atom is -0.326 e. The number of rotatable bonds is 5. The van der Waals surface area contributed by atoms with Gasteiger partial charge in [-0.25, -0.2) is 12.8 Å². The average molecular weight is 295 g/mol. The Morgan fingerprint density at radius 1 is 1.25 bits per heavy atom. The molecule has 0 atom stereocenters. The normalized spacial score (nSPS) is 11.3. The summed E-state index contributed by atoms with van der Waals surface area (Å²) in [5, 5.41) is 0. The van der Waals surface area contributed by atoms with Crippen molar-refractivity contribution in [2.24, 2.45) is 5.73 Å². The number of anilines is 1. The molecule has 0 aliphatic rings. The van der Waals surface area contributed by atoms with Crippen molar-refractivity contribution >= 4 is 15.7 Å². The lowest BCUT2D eigenvalue weighted by molar-refractivity contribution is 0.597. The van der Waals surface area contributed by atoms with Crippen molar-refractivity contribution in [1.82, 2.24) is 4.98 Å². The summed E-state index contributed by atoms with van der Waals surface area (Å²) < 4.78 is 39.6. The Kier molecular flexibility index (Phi) is 4.31. The van der Waals surface area contributed by atoms with Crippen LogP contribution in [0.1, 0.15) is 11.1 Å². The van der Waals surface area contributed by atoms with Crippen LogP contribution in [-0.2, 0) is 22.3 Å². The lowest BCUT2D eigenvalue weighted by Crippen LogP contribution is -2.16. The highest BCUT2D eigenvalue weighted by molar-refractivity contribution is 7.91. The van der Waals surface area contributed by atoms with E-state index in [4.69, 9.17) is 5.73 Å². The van der Waals surface area contributed by atoms with E-state index in [1.165, 1.54) is 12.3 Å². The van der Waals surface area contributed by atoms with Gasteiger partial charge in [-0.1, -0.05) is 24.3 Å². The van der Waals surface area contributed by atoms with Crippen LogP contribution in [0.3, 0.4) is 0 Å². The molecule has 2 aromatic rings. The maximum Gasteiger partial charge on any atom is 0.237 e. The molecule has 1 aromatic carbocycles. The van der Waals surface area contributed by atoms with E-state index < -0.39 is 15.8 Å². The fourth-order valence-corrected chi connectivity index (χ4v) is 2.92. The van der Waals surface area contributed by atoms with Crippen LogP contribution in [0.25, 0.3) is 0 Å². The molecule has 20 heavy (non-hydrogen) atoms. The second kappa shape index (κ2) is 5.98. The zero-order valence-electron chi connectivity index (χ0n) is 10.6. The van der Waals surface area contributed by atoms with Crippen LogP contribution in [0.2, 0.25) is 0 Å². The molecule has 0 amide bonds. The molecule has 1 aromatic heterocycles.